The Hall–Kier alpha value is -1.31. The minimum absolute atomic E-state index is 0.879. The van der Waals surface area contributed by atoms with Crippen LogP contribution >= 0.6 is 0 Å². The van der Waals surface area contributed by atoms with Gasteiger partial charge in [0.2, 0.25) is 0 Å². The van der Waals surface area contributed by atoms with Crippen molar-refractivity contribution in [2.45, 2.75) is 13.3 Å². The quantitative estimate of drug-likeness (QED) is 0.619. The number of nitrogens with zero attached hydrogens (tertiary/aromatic N) is 1. The molecule has 0 atom stereocenters. The van der Waals surface area contributed by atoms with E-state index in [0.29, 0.717) is 0 Å². The number of rotatable bonds is 1. The van der Waals surface area contributed by atoms with Crippen molar-refractivity contribution in [2.75, 3.05) is 7.11 Å². The zero-order valence-electron chi connectivity index (χ0n) is 7.29. The molecule has 0 amide bonds. The van der Waals surface area contributed by atoms with Crippen LogP contribution in [0.25, 0.3) is 0 Å². The molecule has 0 bridgehead atoms. The summed E-state index contributed by atoms with van der Waals surface area (Å²) in [4.78, 5) is 4.41. The zero-order chi connectivity index (χ0) is 8.55. The summed E-state index contributed by atoms with van der Waals surface area (Å²) in [6, 6.07) is 6.05. The van der Waals surface area contributed by atoms with E-state index in [-0.39, 0.29) is 0 Å². The average Bonchev–Trinajstić information content (AvgIpc) is 2.44. The number of hydrogen-bond acceptors (Lipinski definition) is 2. The Morgan fingerprint density at radius 3 is 3.00 bits per heavy atom. The molecule has 1 heterocycles. The molecule has 0 spiro atoms. The maximum absolute atomic E-state index is 5.20. The molecule has 1 aromatic carbocycles. The van der Waals surface area contributed by atoms with Crippen LogP contribution in [-0.2, 0) is 6.42 Å². The third kappa shape index (κ3) is 0.998. The number of hydrogen-bond donors (Lipinski definition) is 0. The fourth-order valence-corrected chi connectivity index (χ4v) is 1.51. The van der Waals surface area contributed by atoms with E-state index in [4.69, 9.17) is 4.74 Å². The summed E-state index contributed by atoms with van der Waals surface area (Å²) in [6.07, 6.45) is 0.965. The summed E-state index contributed by atoms with van der Waals surface area (Å²) in [7, 11) is 1.68. The van der Waals surface area contributed by atoms with Crippen molar-refractivity contribution in [2.24, 2.45) is 4.99 Å². The predicted octanol–water partition coefficient (Wildman–Crippen LogP) is 2.34. The Kier molecular flexibility index (Phi) is 1.61. The van der Waals surface area contributed by atoms with Gasteiger partial charge in [0.1, 0.15) is 11.4 Å². The van der Waals surface area contributed by atoms with Gasteiger partial charge < -0.3 is 4.74 Å². The first kappa shape index (κ1) is 7.35. The molecular weight excluding hydrogens is 150 g/mol. The Labute approximate surface area is 71.9 Å². The van der Waals surface area contributed by atoms with Crippen LogP contribution in [0.4, 0.5) is 5.69 Å². The number of methoxy groups -OCH3 is 1. The lowest BCUT2D eigenvalue weighted by Crippen LogP contribution is -1.88. The largest absolute Gasteiger partial charge is 0.494 e. The van der Waals surface area contributed by atoms with E-state index in [1.807, 2.05) is 19.1 Å². The number of ether oxygens (including phenoxy) is 1. The van der Waals surface area contributed by atoms with Gasteiger partial charge in [-0.25, -0.2) is 0 Å². The monoisotopic (exact) mass is 161 g/mol. The van der Waals surface area contributed by atoms with E-state index >= 15 is 0 Å². The highest BCUT2D eigenvalue weighted by molar-refractivity contribution is 5.93. The van der Waals surface area contributed by atoms with Crippen LogP contribution in [0.2, 0.25) is 0 Å². The summed E-state index contributed by atoms with van der Waals surface area (Å²) in [5.41, 5.74) is 3.44. The first-order valence-corrected chi connectivity index (χ1v) is 4.01. The third-order valence-electron chi connectivity index (χ3n) is 2.05. The highest BCUT2D eigenvalue weighted by atomic mass is 16.5. The van der Waals surface area contributed by atoms with E-state index in [1.165, 1.54) is 5.56 Å². The van der Waals surface area contributed by atoms with E-state index in [9.17, 15) is 0 Å². The number of aliphatic imine (C=N–C) groups is 1. The zero-order valence-corrected chi connectivity index (χ0v) is 7.29. The van der Waals surface area contributed by atoms with Crippen LogP contribution < -0.4 is 4.74 Å². The van der Waals surface area contributed by atoms with Crippen LogP contribution in [0.1, 0.15) is 12.5 Å². The standard InChI is InChI=1S/C10H11NO/c1-7-6-8-4-3-5-9(12-2)10(8)11-7/h3-5H,6H2,1-2H3. The van der Waals surface area contributed by atoms with Crippen molar-refractivity contribution < 1.29 is 4.74 Å². The summed E-state index contributed by atoms with van der Waals surface area (Å²) < 4.78 is 5.20. The molecule has 2 heteroatoms. The van der Waals surface area contributed by atoms with Gasteiger partial charge in [-0.15, -0.1) is 0 Å². The van der Waals surface area contributed by atoms with E-state index < -0.39 is 0 Å². The van der Waals surface area contributed by atoms with Gasteiger partial charge in [-0.2, -0.15) is 0 Å². The Balaban J connectivity index is 2.55. The van der Waals surface area contributed by atoms with Crippen molar-refractivity contribution in [3.63, 3.8) is 0 Å². The van der Waals surface area contributed by atoms with E-state index in [2.05, 4.69) is 11.1 Å². The van der Waals surface area contributed by atoms with E-state index in [1.54, 1.807) is 7.11 Å². The fourth-order valence-electron chi connectivity index (χ4n) is 1.51. The molecule has 0 radical (unpaired) electrons. The molecule has 62 valence electrons. The highest BCUT2D eigenvalue weighted by Gasteiger charge is 2.14. The molecule has 0 aliphatic carbocycles. The lowest BCUT2D eigenvalue weighted by Gasteiger charge is -2.03. The number of para-hydroxylation sites is 1. The van der Waals surface area contributed by atoms with Crippen molar-refractivity contribution >= 4 is 11.4 Å². The normalized spacial score (nSPS) is 14.0. The van der Waals surface area contributed by atoms with Crippen LogP contribution in [0.3, 0.4) is 0 Å². The summed E-state index contributed by atoms with van der Waals surface area (Å²) in [5, 5.41) is 0. The Bertz CT molecular complexity index is 342. The third-order valence-corrected chi connectivity index (χ3v) is 2.05. The van der Waals surface area contributed by atoms with Crippen LogP contribution in [0.5, 0.6) is 5.75 Å². The average molecular weight is 161 g/mol. The second-order valence-electron chi connectivity index (χ2n) is 2.99. The van der Waals surface area contributed by atoms with Gasteiger partial charge in [0.15, 0.2) is 0 Å². The maximum Gasteiger partial charge on any atom is 0.144 e. The lowest BCUT2D eigenvalue weighted by atomic mass is 10.1. The number of benzene rings is 1. The Morgan fingerprint density at radius 2 is 2.25 bits per heavy atom. The molecule has 0 unspecified atom stereocenters. The van der Waals surface area contributed by atoms with E-state index in [0.717, 1.165) is 23.6 Å². The summed E-state index contributed by atoms with van der Waals surface area (Å²) in [5.74, 6) is 0.879. The first-order chi connectivity index (χ1) is 5.81. The van der Waals surface area contributed by atoms with Crippen LogP contribution in [0.15, 0.2) is 23.2 Å². The minimum Gasteiger partial charge on any atom is -0.494 e. The molecule has 2 rings (SSSR count). The van der Waals surface area contributed by atoms with Crippen molar-refractivity contribution in [3.05, 3.63) is 23.8 Å². The summed E-state index contributed by atoms with van der Waals surface area (Å²) >= 11 is 0. The number of fused-ring (bicyclic) bond motifs is 1. The second kappa shape index (κ2) is 2.63. The molecule has 12 heavy (non-hydrogen) atoms. The van der Waals surface area contributed by atoms with Gasteiger partial charge in [-0.1, -0.05) is 12.1 Å². The molecule has 2 nitrogen and oxygen atoms in total. The molecule has 0 N–H and O–H groups in total. The summed E-state index contributed by atoms with van der Waals surface area (Å²) in [6.45, 7) is 2.04. The Morgan fingerprint density at radius 1 is 1.42 bits per heavy atom. The molecule has 0 saturated heterocycles. The molecule has 1 aliphatic rings. The topological polar surface area (TPSA) is 21.6 Å². The second-order valence-corrected chi connectivity index (χ2v) is 2.99. The molecule has 0 aromatic heterocycles. The van der Waals surface area contributed by atoms with Gasteiger partial charge in [0.05, 0.1) is 7.11 Å². The smallest absolute Gasteiger partial charge is 0.144 e. The van der Waals surface area contributed by atoms with Crippen LogP contribution in [0, 0.1) is 0 Å². The van der Waals surface area contributed by atoms with Gasteiger partial charge >= 0.3 is 0 Å². The molecule has 0 fully saturated rings. The molecule has 0 saturated carbocycles. The van der Waals surface area contributed by atoms with Gasteiger partial charge in [0, 0.05) is 12.1 Å². The lowest BCUT2D eigenvalue weighted by molar-refractivity contribution is 0.416. The van der Waals surface area contributed by atoms with Crippen molar-refractivity contribution in [1.82, 2.24) is 0 Å². The SMILES string of the molecule is COc1cccc2c1N=C(C)C2. The van der Waals surface area contributed by atoms with Crippen molar-refractivity contribution in [3.8, 4) is 5.75 Å². The highest BCUT2D eigenvalue weighted by Crippen LogP contribution is 2.35. The predicted molar refractivity (Wildman–Crippen MR) is 49.5 cm³/mol. The minimum atomic E-state index is 0.879. The molecule has 1 aromatic rings. The van der Waals surface area contributed by atoms with Gasteiger partial charge in [-0.05, 0) is 18.6 Å². The van der Waals surface area contributed by atoms with Crippen LogP contribution in [-0.4, -0.2) is 12.8 Å². The first-order valence-electron chi connectivity index (χ1n) is 4.01. The van der Waals surface area contributed by atoms with Gasteiger partial charge in [-0.3, -0.25) is 4.99 Å². The van der Waals surface area contributed by atoms with Crippen molar-refractivity contribution in [1.29, 1.82) is 0 Å². The fraction of sp³-hybridized carbons (Fsp3) is 0.300. The molecule has 1 aliphatic heterocycles. The molecular formula is C10H11NO. The van der Waals surface area contributed by atoms with Gasteiger partial charge in [0.25, 0.3) is 0 Å². The maximum atomic E-state index is 5.20.